The van der Waals surface area contributed by atoms with Crippen molar-refractivity contribution in [1.82, 2.24) is 10.3 Å². The summed E-state index contributed by atoms with van der Waals surface area (Å²) in [4.78, 5) is 9.04. The van der Waals surface area contributed by atoms with Crippen LogP contribution in [0.15, 0.2) is 0 Å². The smallest absolute Gasteiger partial charge is 0.186 e. The van der Waals surface area contributed by atoms with Crippen LogP contribution in [-0.2, 0) is 6.42 Å². The van der Waals surface area contributed by atoms with Crippen LogP contribution in [0.3, 0.4) is 0 Å². The zero-order valence-corrected chi connectivity index (χ0v) is 14.0. The van der Waals surface area contributed by atoms with Crippen molar-refractivity contribution < 1.29 is 0 Å². The molecule has 4 heteroatoms. The molecule has 1 aliphatic carbocycles. The van der Waals surface area contributed by atoms with Crippen LogP contribution in [0.2, 0.25) is 0 Å². The normalized spacial score (nSPS) is 29.3. The Morgan fingerprint density at radius 1 is 1.35 bits per heavy atom. The monoisotopic (exact) mass is 293 g/mol. The fraction of sp³-hybridized carbons (Fsp3) is 0.812. The Hall–Kier alpha value is -0.610. The summed E-state index contributed by atoms with van der Waals surface area (Å²) in [6.07, 6.45) is 6.34. The summed E-state index contributed by atoms with van der Waals surface area (Å²) in [5.74, 6) is 0. The third-order valence-electron chi connectivity index (χ3n) is 4.83. The molecular weight excluding hydrogens is 266 g/mol. The molecule has 2 unspecified atom stereocenters. The molecule has 3 rings (SSSR count). The number of anilines is 1. The third kappa shape index (κ3) is 2.60. The van der Waals surface area contributed by atoms with Crippen LogP contribution in [-0.4, -0.2) is 24.6 Å². The van der Waals surface area contributed by atoms with Gasteiger partial charge in [0.05, 0.1) is 5.69 Å². The second-order valence-electron chi connectivity index (χ2n) is 7.23. The molecule has 0 radical (unpaired) electrons. The first-order chi connectivity index (χ1) is 9.50. The van der Waals surface area contributed by atoms with Crippen molar-refractivity contribution in [3.8, 4) is 0 Å². The number of thiazole rings is 1. The number of hydrogen-bond acceptors (Lipinski definition) is 4. The molecule has 1 saturated heterocycles. The molecule has 3 nitrogen and oxygen atoms in total. The molecular formula is C16H27N3S. The Morgan fingerprint density at radius 2 is 2.15 bits per heavy atom. The third-order valence-corrected chi connectivity index (χ3v) is 6.08. The predicted octanol–water partition coefficient (Wildman–Crippen LogP) is 3.75. The molecule has 1 fully saturated rings. The van der Waals surface area contributed by atoms with Crippen molar-refractivity contribution >= 4 is 16.5 Å². The maximum absolute atomic E-state index is 5.02. The van der Waals surface area contributed by atoms with Crippen LogP contribution in [0.25, 0.3) is 0 Å². The van der Waals surface area contributed by atoms with Crippen LogP contribution in [0.4, 0.5) is 5.13 Å². The van der Waals surface area contributed by atoms with E-state index in [9.17, 15) is 0 Å². The van der Waals surface area contributed by atoms with Gasteiger partial charge in [-0.15, -0.1) is 0 Å². The van der Waals surface area contributed by atoms with E-state index in [1.807, 2.05) is 11.3 Å². The maximum atomic E-state index is 5.02. The van der Waals surface area contributed by atoms with Gasteiger partial charge in [0.15, 0.2) is 5.13 Å². The van der Waals surface area contributed by atoms with E-state index in [0.717, 1.165) is 6.42 Å². The lowest BCUT2D eigenvalue weighted by Crippen LogP contribution is -2.37. The summed E-state index contributed by atoms with van der Waals surface area (Å²) in [5.41, 5.74) is 1.71. The zero-order valence-electron chi connectivity index (χ0n) is 13.2. The minimum absolute atomic E-state index is 0.361. The van der Waals surface area contributed by atoms with Crippen molar-refractivity contribution in [3.63, 3.8) is 0 Å². The molecule has 1 aliphatic heterocycles. The Balaban J connectivity index is 1.91. The summed E-state index contributed by atoms with van der Waals surface area (Å²) >= 11 is 1.93. The van der Waals surface area contributed by atoms with E-state index in [1.165, 1.54) is 47.9 Å². The standard InChI is InChI=1S/C16H27N3S/c1-11-7-5-6-8-19(11)15-18-13-10-16(2,3)9-12(17-4)14(13)20-15/h11-12,17H,5-10H2,1-4H3. The Kier molecular flexibility index (Phi) is 3.80. The molecule has 1 aromatic heterocycles. The highest BCUT2D eigenvalue weighted by Crippen LogP contribution is 2.45. The number of nitrogens with one attached hydrogen (secondary N) is 1. The average Bonchev–Trinajstić information content (AvgIpc) is 2.80. The van der Waals surface area contributed by atoms with Crippen molar-refractivity contribution in [2.75, 3.05) is 18.5 Å². The SMILES string of the molecule is CNC1CC(C)(C)Cc2nc(N3CCCCC3C)sc21. The Labute approximate surface area is 126 Å². The van der Waals surface area contributed by atoms with E-state index in [1.54, 1.807) is 0 Å². The molecule has 2 heterocycles. The van der Waals surface area contributed by atoms with E-state index in [4.69, 9.17) is 4.98 Å². The number of hydrogen-bond donors (Lipinski definition) is 1. The highest BCUT2D eigenvalue weighted by Gasteiger charge is 2.35. The summed E-state index contributed by atoms with van der Waals surface area (Å²) in [5, 5.41) is 4.76. The lowest BCUT2D eigenvalue weighted by atomic mass is 9.76. The van der Waals surface area contributed by atoms with E-state index in [0.29, 0.717) is 17.5 Å². The average molecular weight is 293 g/mol. The molecule has 0 bridgehead atoms. The van der Waals surface area contributed by atoms with Gasteiger partial charge < -0.3 is 10.2 Å². The molecule has 20 heavy (non-hydrogen) atoms. The number of nitrogens with zero attached hydrogens (tertiary/aromatic N) is 2. The van der Waals surface area contributed by atoms with Gasteiger partial charge in [0.1, 0.15) is 0 Å². The van der Waals surface area contributed by atoms with Crippen molar-refractivity contribution in [2.24, 2.45) is 5.41 Å². The first-order valence-electron chi connectivity index (χ1n) is 7.94. The van der Waals surface area contributed by atoms with Gasteiger partial charge >= 0.3 is 0 Å². The maximum Gasteiger partial charge on any atom is 0.186 e. The Bertz CT molecular complexity index is 480. The highest BCUT2D eigenvalue weighted by molar-refractivity contribution is 7.15. The van der Waals surface area contributed by atoms with E-state index in [2.05, 4.69) is 38.0 Å². The van der Waals surface area contributed by atoms with Crippen molar-refractivity contribution in [2.45, 2.75) is 65.0 Å². The summed E-state index contributed by atoms with van der Waals surface area (Å²) in [6, 6.07) is 1.14. The molecule has 112 valence electrons. The first kappa shape index (κ1) is 14.3. The van der Waals surface area contributed by atoms with Gasteiger partial charge in [0, 0.05) is 23.5 Å². The van der Waals surface area contributed by atoms with Gasteiger partial charge in [0.2, 0.25) is 0 Å². The van der Waals surface area contributed by atoms with Crippen LogP contribution in [0.5, 0.6) is 0 Å². The zero-order chi connectivity index (χ0) is 14.3. The number of rotatable bonds is 2. The first-order valence-corrected chi connectivity index (χ1v) is 8.75. The van der Waals surface area contributed by atoms with E-state index >= 15 is 0 Å². The van der Waals surface area contributed by atoms with Gasteiger partial charge in [-0.05, 0) is 51.5 Å². The van der Waals surface area contributed by atoms with Gasteiger partial charge in [-0.3, -0.25) is 0 Å². The quantitative estimate of drug-likeness (QED) is 0.900. The molecule has 0 saturated carbocycles. The second-order valence-corrected chi connectivity index (χ2v) is 8.24. The molecule has 1 aromatic rings. The molecule has 2 atom stereocenters. The number of piperidine rings is 1. The van der Waals surface area contributed by atoms with Gasteiger partial charge in [-0.2, -0.15) is 0 Å². The van der Waals surface area contributed by atoms with Crippen LogP contribution in [0, 0.1) is 5.41 Å². The van der Waals surface area contributed by atoms with Gasteiger partial charge in [-0.1, -0.05) is 25.2 Å². The lowest BCUT2D eigenvalue weighted by molar-refractivity contribution is 0.265. The van der Waals surface area contributed by atoms with Crippen LogP contribution < -0.4 is 10.2 Å². The lowest BCUT2D eigenvalue weighted by Gasteiger charge is -2.34. The van der Waals surface area contributed by atoms with E-state index in [-0.39, 0.29) is 0 Å². The van der Waals surface area contributed by atoms with E-state index < -0.39 is 0 Å². The largest absolute Gasteiger partial charge is 0.345 e. The topological polar surface area (TPSA) is 28.2 Å². The van der Waals surface area contributed by atoms with Gasteiger partial charge in [-0.25, -0.2) is 4.98 Å². The van der Waals surface area contributed by atoms with Crippen molar-refractivity contribution in [3.05, 3.63) is 10.6 Å². The minimum Gasteiger partial charge on any atom is -0.345 e. The molecule has 1 N–H and O–H groups in total. The molecule has 2 aliphatic rings. The molecule has 0 spiro atoms. The number of fused-ring (bicyclic) bond motifs is 1. The highest BCUT2D eigenvalue weighted by atomic mass is 32.1. The summed E-state index contributed by atoms with van der Waals surface area (Å²) < 4.78 is 0. The second kappa shape index (κ2) is 5.30. The summed E-state index contributed by atoms with van der Waals surface area (Å²) in [7, 11) is 2.08. The fourth-order valence-electron chi connectivity index (χ4n) is 3.66. The summed E-state index contributed by atoms with van der Waals surface area (Å²) in [6.45, 7) is 8.26. The van der Waals surface area contributed by atoms with Crippen molar-refractivity contribution in [1.29, 1.82) is 0 Å². The molecule has 0 aromatic carbocycles. The van der Waals surface area contributed by atoms with Gasteiger partial charge in [0.25, 0.3) is 0 Å². The molecule has 0 amide bonds. The minimum atomic E-state index is 0.361. The van der Waals surface area contributed by atoms with Crippen LogP contribution in [0.1, 0.15) is 63.1 Å². The predicted molar refractivity (Wildman–Crippen MR) is 86.7 cm³/mol. The van der Waals surface area contributed by atoms with Crippen LogP contribution >= 0.6 is 11.3 Å². The number of aromatic nitrogens is 1. The Morgan fingerprint density at radius 3 is 2.85 bits per heavy atom. The fourth-order valence-corrected chi connectivity index (χ4v) is 4.98.